The van der Waals surface area contributed by atoms with Crippen molar-refractivity contribution in [3.8, 4) is 0 Å². The highest BCUT2D eigenvalue weighted by Crippen LogP contribution is 2.24. The second-order valence-electron chi connectivity index (χ2n) is 6.94. The Morgan fingerprint density at radius 3 is 2.48 bits per heavy atom. The molecule has 0 bridgehead atoms. The van der Waals surface area contributed by atoms with Crippen LogP contribution in [-0.4, -0.2) is 45.0 Å². The predicted octanol–water partition coefficient (Wildman–Crippen LogP) is 2.99. The molecular formula is C21H25N3O2S. The summed E-state index contributed by atoms with van der Waals surface area (Å²) >= 11 is 0. The molecule has 3 aromatic rings. The van der Waals surface area contributed by atoms with Gasteiger partial charge >= 0.3 is 0 Å². The molecule has 0 aliphatic carbocycles. The van der Waals surface area contributed by atoms with Gasteiger partial charge in [-0.3, -0.25) is 4.98 Å². The number of rotatable bonds is 7. The molecule has 27 heavy (non-hydrogen) atoms. The number of likely N-dealkylation sites (N-methyl/N-ethyl adjacent to an activating group) is 1. The Labute approximate surface area is 161 Å². The number of hydrogen-bond acceptors (Lipinski definition) is 4. The Bertz CT molecular complexity index is 1020. The zero-order valence-corrected chi connectivity index (χ0v) is 16.7. The monoisotopic (exact) mass is 383 g/mol. The Morgan fingerprint density at radius 2 is 1.78 bits per heavy atom. The number of sulfonamides is 1. The number of fused-ring (bicyclic) bond motifs is 1. The molecule has 0 radical (unpaired) electrons. The van der Waals surface area contributed by atoms with Crippen molar-refractivity contribution >= 4 is 20.9 Å². The molecule has 0 spiro atoms. The van der Waals surface area contributed by atoms with Gasteiger partial charge in [-0.05, 0) is 56.8 Å². The topological polar surface area (TPSA) is 62.3 Å². The highest BCUT2D eigenvalue weighted by Gasteiger charge is 2.21. The summed E-state index contributed by atoms with van der Waals surface area (Å²) in [6, 6.07) is 17.2. The molecule has 1 heterocycles. The van der Waals surface area contributed by atoms with Gasteiger partial charge in [-0.15, -0.1) is 0 Å². The fourth-order valence-electron chi connectivity index (χ4n) is 3.13. The molecule has 0 aliphatic rings. The number of nitrogens with one attached hydrogen (secondary N) is 1. The van der Waals surface area contributed by atoms with Crippen LogP contribution in [0.5, 0.6) is 0 Å². The van der Waals surface area contributed by atoms with Gasteiger partial charge in [0.05, 0.1) is 10.4 Å². The Morgan fingerprint density at radius 1 is 1.04 bits per heavy atom. The summed E-state index contributed by atoms with van der Waals surface area (Å²) < 4.78 is 28.8. The lowest BCUT2D eigenvalue weighted by molar-refractivity contribution is 0.291. The number of hydrogen-bond donors (Lipinski definition) is 1. The van der Waals surface area contributed by atoms with Gasteiger partial charge in [0.15, 0.2) is 0 Å². The van der Waals surface area contributed by atoms with Crippen LogP contribution in [0.15, 0.2) is 65.7 Å². The lowest BCUT2D eigenvalue weighted by Gasteiger charge is -2.25. The van der Waals surface area contributed by atoms with Gasteiger partial charge in [-0.25, -0.2) is 13.1 Å². The van der Waals surface area contributed by atoms with E-state index in [4.69, 9.17) is 0 Å². The van der Waals surface area contributed by atoms with Gasteiger partial charge in [0.1, 0.15) is 0 Å². The van der Waals surface area contributed by atoms with Crippen molar-refractivity contribution < 1.29 is 8.42 Å². The van der Waals surface area contributed by atoms with E-state index >= 15 is 0 Å². The van der Waals surface area contributed by atoms with E-state index in [9.17, 15) is 8.42 Å². The van der Waals surface area contributed by atoms with Crippen LogP contribution in [0.3, 0.4) is 0 Å². The van der Waals surface area contributed by atoms with Crippen LogP contribution in [0, 0.1) is 6.92 Å². The highest BCUT2D eigenvalue weighted by atomic mass is 32.2. The van der Waals surface area contributed by atoms with E-state index in [0.29, 0.717) is 17.4 Å². The van der Waals surface area contributed by atoms with Crippen molar-refractivity contribution in [2.75, 3.05) is 20.6 Å². The van der Waals surface area contributed by atoms with Crippen molar-refractivity contribution in [2.45, 2.75) is 24.3 Å². The summed E-state index contributed by atoms with van der Waals surface area (Å²) in [7, 11) is 0.290. The second-order valence-corrected chi connectivity index (χ2v) is 8.67. The average Bonchev–Trinajstić information content (AvgIpc) is 2.66. The molecule has 1 N–H and O–H groups in total. The predicted molar refractivity (Wildman–Crippen MR) is 109 cm³/mol. The van der Waals surface area contributed by atoms with Crippen molar-refractivity contribution in [3.63, 3.8) is 0 Å². The largest absolute Gasteiger partial charge is 0.305 e. The maximum Gasteiger partial charge on any atom is 0.241 e. The van der Waals surface area contributed by atoms with E-state index in [1.165, 1.54) is 5.56 Å². The van der Waals surface area contributed by atoms with E-state index < -0.39 is 10.0 Å². The normalized spacial score (nSPS) is 13.2. The standard InChI is InChI=1S/C21H25N3O2S/c1-16-11-12-20(19-10-7-13-22-21(16)19)27(25,26)23-15-18(24(2)3)14-17-8-5-4-6-9-17/h4-13,18,23H,14-15H2,1-3H3. The van der Waals surface area contributed by atoms with E-state index in [-0.39, 0.29) is 10.9 Å². The summed E-state index contributed by atoms with van der Waals surface area (Å²) in [5.41, 5.74) is 2.86. The molecule has 0 saturated carbocycles. The Kier molecular flexibility index (Phi) is 5.89. The second kappa shape index (κ2) is 8.17. The van der Waals surface area contributed by atoms with Gasteiger partial charge < -0.3 is 4.90 Å². The number of nitrogens with zero attached hydrogens (tertiary/aromatic N) is 2. The molecule has 5 nitrogen and oxygen atoms in total. The van der Waals surface area contributed by atoms with Gasteiger partial charge in [0.25, 0.3) is 0 Å². The van der Waals surface area contributed by atoms with Crippen molar-refractivity contribution in [1.82, 2.24) is 14.6 Å². The minimum atomic E-state index is -3.64. The Hall–Kier alpha value is -2.28. The third kappa shape index (κ3) is 4.53. The third-order valence-corrected chi connectivity index (χ3v) is 6.26. The van der Waals surface area contributed by atoms with Gasteiger partial charge in [-0.1, -0.05) is 36.4 Å². The SMILES string of the molecule is Cc1ccc(S(=O)(=O)NCC(Cc2ccccc2)N(C)C)c2cccnc12. The minimum absolute atomic E-state index is 0.0528. The molecule has 2 aromatic carbocycles. The fraction of sp³-hybridized carbons (Fsp3) is 0.286. The van der Waals surface area contributed by atoms with Crippen LogP contribution >= 0.6 is 0 Å². The van der Waals surface area contributed by atoms with Crippen molar-refractivity contribution in [2.24, 2.45) is 0 Å². The molecule has 0 fully saturated rings. The van der Waals surface area contributed by atoms with Gasteiger partial charge in [-0.2, -0.15) is 0 Å². The third-order valence-electron chi connectivity index (χ3n) is 4.77. The smallest absolute Gasteiger partial charge is 0.241 e. The fourth-order valence-corrected chi connectivity index (χ4v) is 4.40. The summed E-state index contributed by atoms with van der Waals surface area (Å²) in [6.45, 7) is 2.26. The van der Waals surface area contributed by atoms with E-state index in [1.807, 2.05) is 44.1 Å². The Balaban J connectivity index is 1.83. The zero-order chi connectivity index (χ0) is 19.4. The average molecular weight is 384 g/mol. The molecule has 0 saturated heterocycles. The zero-order valence-electron chi connectivity index (χ0n) is 15.9. The van der Waals surface area contributed by atoms with Crippen molar-refractivity contribution in [3.05, 3.63) is 71.9 Å². The van der Waals surface area contributed by atoms with E-state index in [2.05, 4.69) is 21.8 Å². The molecule has 0 aliphatic heterocycles. The van der Waals surface area contributed by atoms with Crippen molar-refractivity contribution in [1.29, 1.82) is 0 Å². The molecular weight excluding hydrogens is 358 g/mol. The quantitative estimate of drug-likeness (QED) is 0.681. The van der Waals surface area contributed by atoms with Crippen LogP contribution < -0.4 is 4.72 Å². The maximum absolute atomic E-state index is 13.0. The lowest BCUT2D eigenvalue weighted by atomic mass is 10.1. The minimum Gasteiger partial charge on any atom is -0.305 e. The van der Waals surface area contributed by atoms with E-state index in [1.54, 1.807) is 30.5 Å². The molecule has 6 heteroatoms. The summed E-state index contributed by atoms with van der Waals surface area (Å²) in [4.78, 5) is 6.65. The number of aromatic nitrogens is 1. The van der Waals surface area contributed by atoms with Crippen LogP contribution in [0.4, 0.5) is 0 Å². The van der Waals surface area contributed by atoms with Gasteiger partial charge in [0.2, 0.25) is 10.0 Å². The van der Waals surface area contributed by atoms with Crippen LogP contribution in [0.25, 0.3) is 10.9 Å². The van der Waals surface area contributed by atoms with Gasteiger partial charge in [0, 0.05) is 24.2 Å². The lowest BCUT2D eigenvalue weighted by Crippen LogP contribution is -2.41. The molecule has 0 amide bonds. The number of benzene rings is 2. The first kappa shape index (κ1) is 19.5. The summed E-state index contributed by atoms with van der Waals surface area (Å²) in [5.74, 6) is 0. The maximum atomic E-state index is 13.0. The van der Waals surface area contributed by atoms with Crippen LogP contribution in [0.1, 0.15) is 11.1 Å². The first-order chi connectivity index (χ1) is 12.9. The number of aryl methyl sites for hydroxylation is 1. The van der Waals surface area contributed by atoms with Crippen LogP contribution in [-0.2, 0) is 16.4 Å². The number of pyridine rings is 1. The first-order valence-electron chi connectivity index (χ1n) is 8.93. The van der Waals surface area contributed by atoms with Crippen LogP contribution in [0.2, 0.25) is 0 Å². The molecule has 1 unspecified atom stereocenters. The van der Waals surface area contributed by atoms with E-state index in [0.717, 1.165) is 12.0 Å². The summed E-state index contributed by atoms with van der Waals surface area (Å²) in [6.07, 6.45) is 2.45. The molecule has 1 atom stereocenters. The highest BCUT2D eigenvalue weighted by molar-refractivity contribution is 7.89. The molecule has 1 aromatic heterocycles. The summed E-state index contributed by atoms with van der Waals surface area (Å²) in [5, 5.41) is 0.648. The molecule has 3 rings (SSSR count). The first-order valence-corrected chi connectivity index (χ1v) is 10.4. The molecule has 142 valence electrons.